The number of amides is 1. The summed E-state index contributed by atoms with van der Waals surface area (Å²) in [6.07, 6.45) is 7.97. The van der Waals surface area contributed by atoms with Gasteiger partial charge in [0.05, 0.1) is 12.2 Å². The minimum absolute atomic E-state index is 0.0151. The van der Waals surface area contributed by atoms with Crippen molar-refractivity contribution in [2.75, 3.05) is 6.54 Å². The van der Waals surface area contributed by atoms with Gasteiger partial charge in [0, 0.05) is 6.54 Å². The van der Waals surface area contributed by atoms with Crippen molar-refractivity contribution in [1.82, 2.24) is 10.2 Å². The molecule has 1 N–H and O–H groups in total. The van der Waals surface area contributed by atoms with Gasteiger partial charge in [-0.2, -0.15) is 0 Å². The lowest BCUT2D eigenvalue weighted by Crippen LogP contribution is -2.38. The van der Waals surface area contributed by atoms with Crippen molar-refractivity contribution in [3.05, 3.63) is 0 Å². The van der Waals surface area contributed by atoms with Crippen LogP contribution in [0.15, 0.2) is 0 Å². The molecule has 1 heterocycles. The van der Waals surface area contributed by atoms with Gasteiger partial charge in [-0.05, 0) is 31.6 Å². The Kier molecular flexibility index (Phi) is 4.66. The third-order valence-corrected chi connectivity index (χ3v) is 4.77. The Hall–Kier alpha value is -0.570. The Labute approximate surface area is 111 Å². The summed E-state index contributed by atoms with van der Waals surface area (Å²) >= 11 is 0. The minimum atomic E-state index is 0.0151. The molecule has 0 aromatic heterocycles. The zero-order valence-electron chi connectivity index (χ0n) is 12.1. The predicted octanol–water partition coefficient (Wildman–Crippen LogP) is 2.76. The van der Waals surface area contributed by atoms with E-state index in [0.29, 0.717) is 5.91 Å². The molecule has 18 heavy (non-hydrogen) atoms. The Morgan fingerprint density at radius 3 is 2.50 bits per heavy atom. The van der Waals surface area contributed by atoms with Crippen LogP contribution in [0.5, 0.6) is 0 Å². The molecule has 2 unspecified atom stereocenters. The quantitative estimate of drug-likeness (QED) is 0.834. The topological polar surface area (TPSA) is 32.3 Å². The van der Waals surface area contributed by atoms with Crippen LogP contribution in [-0.2, 0) is 4.79 Å². The smallest absolute Gasteiger partial charge is 0.240 e. The molecule has 0 aromatic carbocycles. The number of nitrogens with one attached hydrogen (secondary N) is 1. The zero-order chi connectivity index (χ0) is 13.1. The number of rotatable bonds is 4. The molecule has 3 heteroatoms. The average Bonchev–Trinajstić information content (AvgIpc) is 2.65. The molecule has 3 nitrogen and oxygen atoms in total. The number of nitrogens with zero attached hydrogens (tertiary/aromatic N) is 1. The SMILES string of the molecule is CCC1NC(C)C(=O)N1CCC1CCC(C)CC1. The molecule has 0 aromatic rings. The number of carbonyl (C=O) groups excluding carboxylic acids is 1. The third-order valence-electron chi connectivity index (χ3n) is 4.77. The summed E-state index contributed by atoms with van der Waals surface area (Å²) in [6.45, 7) is 7.44. The summed E-state index contributed by atoms with van der Waals surface area (Å²) in [5, 5.41) is 3.37. The molecule has 1 aliphatic carbocycles. The summed E-state index contributed by atoms with van der Waals surface area (Å²) in [6, 6.07) is 0.0151. The Balaban J connectivity index is 1.80. The first-order chi connectivity index (χ1) is 8.61. The van der Waals surface area contributed by atoms with E-state index in [2.05, 4.69) is 24.1 Å². The number of hydrogen-bond donors (Lipinski definition) is 1. The van der Waals surface area contributed by atoms with Crippen molar-refractivity contribution < 1.29 is 4.79 Å². The van der Waals surface area contributed by atoms with Crippen molar-refractivity contribution >= 4 is 5.91 Å². The van der Waals surface area contributed by atoms with E-state index in [9.17, 15) is 4.79 Å². The molecule has 0 radical (unpaired) electrons. The Morgan fingerprint density at radius 2 is 1.89 bits per heavy atom. The summed E-state index contributed by atoms with van der Waals surface area (Å²) in [5.41, 5.74) is 0. The van der Waals surface area contributed by atoms with Crippen LogP contribution in [0.3, 0.4) is 0 Å². The predicted molar refractivity (Wildman–Crippen MR) is 74.1 cm³/mol. The highest BCUT2D eigenvalue weighted by Crippen LogP contribution is 2.30. The summed E-state index contributed by atoms with van der Waals surface area (Å²) in [7, 11) is 0. The second-order valence-electron chi connectivity index (χ2n) is 6.26. The van der Waals surface area contributed by atoms with E-state index < -0.39 is 0 Å². The lowest BCUT2D eigenvalue weighted by atomic mass is 9.81. The molecular weight excluding hydrogens is 224 g/mol. The van der Waals surface area contributed by atoms with E-state index in [1.165, 1.54) is 32.1 Å². The first kappa shape index (κ1) is 13.9. The Bertz CT molecular complexity index is 284. The van der Waals surface area contributed by atoms with Gasteiger partial charge in [0.25, 0.3) is 0 Å². The molecular formula is C15H28N2O. The van der Waals surface area contributed by atoms with Crippen molar-refractivity contribution in [3.8, 4) is 0 Å². The first-order valence-corrected chi connectivity index (χ1v) is 7.68. The second kappa shape index (κ2) is 6.05. The second-order valence-corrected chi connectivity index (χ2v) is 6.26. The number of carbonyl (C=O) groups is 1. The zero-order valence-corrected chi connectivity index (χ0v) is 12.1. The van der Waals surface area contributed by atoms with Crippen LogP contribution in [0, 0.1) is 11.8 Å². The van der Waals surface area contributed by atoms with Crippen molar-refractivity contribution in [2.24, 2.45) is 11.8 Å². The van der Waals surface area contributed by atoms with Crippen LogP contribution in [0.4, 0.5) is 0 Å². The third kappa shape index (κ3) is 3.05. The molecule has 2 rings (SSSR count). The fourth-order valence-corrected chi connectivity index (χ4v) is 3.40. The van der Waals surface area contributed by atoms with E-state index >= 15 is 0 Å². The molecule has 2 aliphatic rings. The van der Waals surface area contributed by atoms with Crippen molar-refractivity contribution in [2.45, 2.75) is 71.5 Å². The summed E-state index contributed by atoms with van der Waals surface area (Å²) in [4.78, 5) is 14.1. The first-order valence-electron chi connectivity index (χ1n) is 7.68. The van der Waals surface area contributed by atoms with E-state index in [0.717, 1.165) is 24.8 Å². The highest BCUT2D eigenvalue weighted by Gasteiger charge is 2.35. The molecule has 1 aliphatic heterocycles. The molecule has 2 fully saturated rings. The van der Waals surface area contributed by atoms with Gasteiger partial charge < -0.3 is 4.90 Å². The van der Waals surface area contributed by atoms with Gasteiger partial charge in [0.1, 0.15) is 0 Å². The summed E-state index contributed by atoms with van der Waals surface area (Å²) < 4.78 is 0. The van der Waals surface area contributed by atoms with Gasteiger partial charge in [-0.25, -0.2) is 0 Å². The highest BCUT2D eigenvalue weighted by atomic mass is 16.2. The fraction of sp³-hybridized carbons (Fsp3) is 0.933. The van der Waals surface area contributed by atoms with Crippen molar-refractivity contribution in [3.63, 3.8) is 0 Å². The van der Waals surface area contributed by atoms with Gasteiger partial charge in [-0.3, -0.25) is 10.1 Å². The van der Waals surface area contributed by atoms with Crippen LogP contribution in [-0.4, -0.2) is 29.6 Å². The lowest BCUT2D eigenvalue weighted by Gasteiger charge is -2.29. The molecule has 0 spiro atoms. The van der Waals surface area contributed by atoms with Crippen LogP contribution in [0.1, 0.15) is 59.3 Å². The Morgan fingerprint density at radius 1 is 1.22 bits per heavy atom. The van der Waals surface area contributed by atoms with Crippen LogP contribution in [0.2, 0.25) is 0 Å². The van der Waals surface area contributed by atoms with Gasteiger partial charge in [0.15, 0.2) is 0 Å². The largest absolute Gasteiger partial charge is 0.326 e. The molecule has 0 bridgehead atoms. The maximum atomic E-state index is 12.1. The van der Waals surface area contributed by atoms with E-state index in [-0.39, 0.29) is 12.2 Å². The molecule has 104 valence electrons. The molecule has 1 saturated carbocycles. The van der Waals surface area contributed by atoms with Crippen molar-refractivity contribution in [1.29, 1.82) is 0 Å². The van der Waals surface area contributed by atoms with Gasteiger partial charge in [-0.15, -0.1) is 0 Å². The maximum Gasteiger partial charge on any atom is 0.240 e. The lowest BCUT2D eigenvalue weighted by molar-refractivity contribution is -0.130. The van der Waals surface area contributed by atoms with E-state index in [4.69, 9.17) is 0 Å². The molecule has 2 atom stereocenters. The molecule has 1 amide bonds. The standard InChI is InChI=1S/C15H28N2O/c1-4-14-16-12(3)15(18)17(14)10-9-13-7-5-11(2)6-8-13/h11-14,16H,4-10H2,1-3H3. The highest BCUT2D eigenvalue weighted by molar-refractivity contribution is 5.83. The van der Waals surface area contributed by atoms with Crippen LogP contribution < -0.4 is 5.32 Å². The number of hydrogen-bond acceptors (Lipinski definition) is 2. The van der Waals surface area contributed by atoms with Gasteiger partial charge >= 0.3 is 0 Å². The average molecular weight is 252 g/mol. The maximum absolute atomic E-state index is 12.1. The minimum Gasteiger partial charge on any atom is -0.326 e. The fourth-order valence-electron chi connectivity index (χ4n) is 3.40. The monoisotopic (exact) mass is 252 g/mol. The van der Waals surface area contributed by atoms with Crippen LogP contribution in [0.25, 0.3) is 0 Å². The van der Waals surface area contributed by atoms with E-state index in [1.807, 2.05) is 6.92 Å². The van der Waals surface area contributed by atoms with Gasteiger partial charge in [-0.1, -0.05) is 39.5 Å². The van der Waals surface area contributed by atoms with E-state index in [1.54, 1.807) is 0 Å². The van der Waals surface area contributed by atoms with Crippen LogP contribution >= 0.6 is 0 Å². The summed E-state index contributed by atoms with van der Waals surface area (Å²) in [5.74, 6) is 2.06. The molecule has 1 saturated heterocycles. The van der Waals surface area contributed by atoms with Gasteiger partial charge in [0.2, 0.25) is 5.91 Å². The normalized spacial score (nSPS) is 37.3.